The Morgan fingerprint density at radius 1 is 1.38 bits per heavy atom. The van der Waals surface area contributed by atoms with E-state index in [9.17, 15) is 5.11 Å². The van der Waals surface area contributed by atoms with Crippen LogP contribution in [-0.4, -0.2) is 33.9 Å². The van der Waals surface area contributed by atoms with Crippen LogP contribution in [-0.2, 0) is 6.61 Å². The molecule has 0 radical (unpaired) electrons. The van der Waals surface area contributed by atoms with Crippen molar-refractivity contribution in [1.29, 1.82) is 0 Å². The van der Waals surface area contributed by atoms with Gasteiger partial charge in [0.2, 0.25) is 0 Å². The Labute approximate surface area is 96.6 Å². The van der Waals surface area contributed by atoms with Crippen molar-refractivity contribution in [1.82, 2.24) is 4.98 Å². The van der Waals surface area contributed by atoms with Gasteiger partial charge in [-0.1, -0.05) is 6.07 Å². The molecule has 90 valence electrons. The second-order valence-electron chi connectivity index (χ2n) is 4.47. The minimum Gasteiger partial charge on any atom is -0.390 e. The molecule has 0 saturated carbocycles. The second-order valence-corrected chi connectivity index (χ2v) is 4.47. The number of aromatic nitrogens is 1. The Hall–Kier alpha value is -1.13. The molecule has 0 fully saturated rings. The van der Waals surface area contributed by atoms with Crippen LogP contribution >= 0.6 is 0 Å². The lowest BCUT2D eigenvalue weighted by molar-refractivity contribution is 0.0874. The number of aliphatic hydroxyl groups is 2. The summed E-state index contributed by atoms with van der Waals surface area (Å²) < 4.78 is 0. The van der Waals surface area contributed by atoms with Gasteiger partial charge in [0.1, 0.15) is 5.82 Å². The van der Waals surface area contributed by atoms with Crippen molar-refractivity contribution < 1.29 is 10.2 Å². The maximum absolute atomic E-state index is 9.79. The minimum absolute atomic E-state index is 0.0616. The number of rotatable bonds is 5. The molecule has 0 unspecified atom stereocenters. The summed E-state index contributed by atoms with van der Waals surface area (Å²) in [5, 5.41) is 18.8. The number of likely N-dealkylation sites (N-methyl/N-ethyl adjacent to an activating group) is 1. The molecule has 1 aromatic rings. The molecule has 4 nitrogen and oxygen atoms in total. The van der Waals surface area contributed by atoms with Crippen LogP contribution < -0.4 is 4.90 Å². The Morgan fingerprint density at radius 2 is 2.06 bits per heavy atom. The fourth-order valence-corrected chi connectivity index (χ4v) is 1.55. The third kappa shape index (κ3) is 3.79. The maximum atomic E-state index is 9.79. The summed E-state index contributed by atoms with van der Waals surface area (Å²) in [6.45, 7) is 6.78. The topological polar surface area (TPSA) is 56.6 Å². The van der Waals surface area contributed by atoms with Gasteiger partial charge in [-0.3, -0.25) is 0 Å². The van der Waals surface area contributed by atoms with E-state index in [1.807, 2.05) is 24.0 Å². The van der Waals surface area contributed by atoms with E-state index >= 15 is 0 Å². The van der Waals surface area contributed by atoms with Crippen molar-refractivity contribution >= 4 is 5.82 Å². The monoisotopic (exact) mass is 224 g/mol. The molecule has 0 aliphatic carbocycles. The Morgan fingerprint density at radius 3 is 2.56 bits per heavy atom. The SMILES string of the molecule is CCN(CC(C)(C)O)c1cccc(CO)n1. The molecule has 16 heavy (non-hydrogen) atoms. The summed E-state index contributed by atoms with van der Waals surface area (Å²) in [6, 6.07) is 5.52. The lowest BCUT2D eigenvalue weighted by Gasteiger charge is -2.29. The molecule has 1 heterocycles. The molecule has 1 rings (SSSR count). The molecule has 0 saturated heterocycles. The van der Waals surface area contributed by atoms with E-state index in [1.165, 1.54) is 0 Å². The predicted octanol–water partition coefficient (Wildman–Crippen LogP) is 1.17. The highest BCUT2D eigenvalue weighted by Crippen LogP contribution is 2.15. The summed E-state index contributed by atoms with van der Waals surface area (Å²) in [7, 11) is 0. The standard InChI is InChI=1S/C12H20N2O2/c1-4-14(9-12(2,3)16)11-7-5-6-10(8-15)13-11/h5-7,15-16H,4,8-9H2,1-3H3. The van der Waals surface area contributed by atoms with Crippen LogP contribution in [0.4, 0.5) is 5.82 Å². The van der Waals surface area contributed by atoms with Crippen molar-refractivity contribution in [3.05, 3.63) is 23.9 Å². The van der Waals surface area contributed by atoms with Gasteiger partial charge in [0.25, 0.3) is 0 Å². The summed E-state index contributed by atoms with van der Waals surface area (Å²) in [5.41, 5.74) is -0.112. The van der Waals surface area contributed by atoms with Gasteiger partial charge >= 0.3 is 0 Å². The first kappa shape index (κ1) is 12.9. The van der Waals surface area contributed by atoms with E-state index in [2.05, 4.69) is 4.98 Å². The molecule has 0 aliphatic rings. The van der Waals surface area contributed by atoms with Crippen molar-refractivity contribution in [3.63, 3.8) is 0 Å². The van der Waals surface area contributed by atoms with E-state index in [-0.39, 0.29) is 6.61 Å². The van der Waals surface area contributed by atoms with Crippen LogP contribution in [0.25, 0.3) is 0 Å². The molecule has 0 atom stereocenters. The van der Waals surface area contributed by atoms with E-state index in [4.69, 9.17) is 5.11 Å². The largest absolute Gasteiger partial charge is 0.390 e. The maximum Gasteiger partial charge on any atom is 0.128 e. The number of pyridine rings is 1. The minimum atomic E-state index is -0.757. The van der Waals surface area contributed by atoms with Crippen molar-refractivity contribution in [3.8, 4) is 0 Å². The van der Waals surface area contributed by atoms with Gasteiger partial charge in [-0.2, -0.15) is 0 Å². The number of aliphatic hydroxyl groups excluding tert-OH is 1. The zero-order valence-electron chi connectivity index (χ0n) is 10.1. The molecular weight excluding hydrogens is 204 g/mol. The van der Waals surface area contributed by atoms with Gasteiger partial charge in [0.15, 0.2) is 0 Å². The Bertz CT molecular complexity index is 334. The first-order valence-corrected chi connectivity index (χ1v) is 5.50. The van der Waals surface area contributed by atoms with Crippen molar-refractivity contribution in [2.45, 2.75) is 33.0 Å². The van der Waals surface area contributed by atoms with E-state index in [0.29, 0.717) is 12.2 Å². The molecule has 0 aliphatic heterocycles. The molecule has 0 amide bonds. The van der Waals surface area contributed by atoms with Crippen LogP contribution in [0, 0.1) is 0 Å². The molecule has 1 aromatic heterocycles. The summed E-state index contributed by atoms with van der Waals surface area (Å²) >= 11 is 0. The normalized spacial score (nSPS) is 11.6. The lowest BCUT2D eigenvalue weighted by Crippen LogP contribution is -2.39. The van der Waals surface area contributed by atoms with Crippen LogP contribution in [0.15, 0.2) is 18.2 Å². The van der Waals surface area contributed by atoms with Crippen LogP contribution in [0.3, 0.4) is 0 Å². The average Bonchev–Trinajstić information content (AvgIpc) is 2.25. The number of hydrogen-bond donors (Lipinski definition) is 2. The molecule has 2 N–H and O–H groups in total. The summed E-state index contributed by atoms with van der Waals surface area (Å²) in [6.07, 6.45) is 0. The van der Waals surface area contributed by atoms with E-state index < -0.39 is 5.60 Å². The van der Waals surface area contributed by atoms with Crippen LogP contribution in [0.2, 0.25) is 0 Å². The molecule has 0 aromatic carbocycles. The summed E-state index contributed by atoms with van der Waals surface area (Å²) in [5.74, 6) is 0.788. The average molecular weight is 224 g/mol. The van der Waals surface area contributed by atoms with Crippen LogP contribution in [0.5, 0.6) is 0 Å². The highest BCUT2D eigenvalue weighted by Gasteiger charge is 2.18. The molecule has 4 heteroatoms. The predicted molar refractivity (Wildman–Crippen MR) is 64.3 cm³/mol. The lowest BCUT2D eigenvalue weighted by atomic mass is 10.1. The molecule has 0 spiro atoms. The number of anilines is 1. The fraction of sp³-hybridized carbons (Fsp3) is 0.583. The smallest absolute Gasteiger partial charge is 0.128 e. The summed E-state index contributed by atoms with van der Waals surface area (Å²) in [4.78, 5) is 6.30. The van der Waals surface area contributed by atoms with Gasteiger partial charge < -0.3 is 15.1 Å². The second kappa shape index (κ2) is 5.27. The van der Waals surface area contributed by atoms with Gasteiger partial charge in [0.05, 0.1) is 17.9 Å². The quantitative estimate of drug-likeness (QED) is 0.788. The first-order chi connectivity index (χ1) is 7.46. The highest BCUT2D eigenvalue weighted by molar-refractivity contribution is 5.39. The number of nitrogens with zero attached hydrogens (tertiary/aromatic N) is 2. The zero-order valence-corrected chi connectivity index (χ0v) is 10.1. The highest BCUT2D eigenvalue weighted by atomic mass is 16.3. The van der Waals surface area contributed by atoms with Crippen LogP contribution in [0.1, 0.15) is 26.5 Å². The molecular formula is C12H20N2O2. The van der Waals surface area contributed by atoms with Gasteiger partial charge in [-0.15, -0.1) is 0 Å². The van der Waals surface area contributed by atoms with Crippen molar-refractivity contribution in [2.75, 3.05) is 18.0 Å². The Kier molecular flexibility index (Phi) is 4.26. The Balaban J connectivity index is 2.86. The number of hydrogen-bond acceptors (Lipinski definition) is 4. The third-order valence-electron chi connectivity index (χ3n) is 2.24. The van der Waals surface area contributed by atoms with Crippen molar-refractivity contribution in [2.24, 2.45) is 0 Å². The molecule has 0 bridgehead atoms. The first-order valence-electron chi connectivity index (χ1n) is 5.50. The fourth-order valence-electron chi connectivity index (χ4n) is 1.55. The van der Waals surface area contributed by atoms with Gasteiger partial charge in [0, 0.05) is 13.1 Å². The van der Waals surface area contributed by atoms with Gasteiger partial charge in [-0.25, -0.2) is 4.98 Å². The zero-order chi connectivity index (χ0) is 12.2. The van der Waals surface area contributed by atoms with Gasteiger partial charge in [-0.05, 0) is 32.9 Å². The van der Waals surface area contributed by atoms with E-state index in [0.717, 1.165) is 12.4 Å². The third-order valence-corrected chi connectivity index (χ3v) is 2.24. The van der Waals surface area contributed by atoms with E-state index in [1.54, 1.807) is 19.9 Å².